The molecule has 1 fully saturated rings. The number of nitrogens with one attached hydrogen (secondary N) is 1. The summed E-state index contributed by atoms with van der Waals surface area (Å²) in [4.78, 5) is 26.5. The zero-order chi connectivity index (χ0) is 20.3. The summed E-state index contributed by atoms with van der Waals surface area (Å²) in [5.41, 5.74) is 1.08. The second-order valence-electron chi connectivity index (χ2n) is 6.55. The highest BCUT2D eigenvalue weighted by Gasteiger charge is 2.37. The quantitative estimate of drug-likeness (QED) is 0.809. The molecule has 1 saturated heterocycles. The van der Waals surface area contributed by atoms with Crippen LogP contribution in [0.3, 0.4) is 0 Å². The van der Waals surface area contributed by atoms with Crippen molar-refractivity contribution in [2.24, 2.45) is 5.92 Å². The Bertz CT molecular complexity index is 861. The molecule has 2 atom stereocenters. The lowest BCUT2D eigenvalue weighted by Gasteiger charge is -2.25. The van der Waals surface area contributed by atoms with Crippen molar-refractivity contribution in [1.29, 1.82) is 0 Å². The molecule has 1 aliphatic heterocycles. The van der Waals surface area contributed by atoms with Crippen molar-refractivity contribution in [2.75, 3.05) is 11.9 Å². The molecule has 148 valence electrons. The van der Waals surface area contributed by atoms with Crippen LogP contribution in [0.4, 0.5) is 18.9 Å². The minimum atomic E-state index is -3.18. The van der Waals surface area contributed by atoms with E-state index in [2.05, 4.69) is 10.1 Å². The number of hydrogen-bond acceptors (Lipinski definition) is 3. The van der Waals surface area contributed by atoms with Gasteiger partial charge in [0.15, 0.2) is 11.6 Å². The van der Waals surface area contributed by atoms with Gasteiger partial charge in [-0.2, -0.15) is 8.78 Å². The molecule has 1 aliphatic rings. The van der Waals surface area contributed by atoms with Crippen LogP contribution >= 0.6 is 0 Å². The molecule has 0 saturated carbocycles. The van der Waals surface area contributed by atoms with E-state index in [0.29, 0.717) is 0 Å². The second-order valence-corrected chi connectivity index (χ2v) is 6.55. The summed E-state index contributed by atoms with van der Waals surface area (Å²) >= 11 is 0. The van der Waals surface area contributed by atoms with E-state index in [0.717, 1.165) is 17.7 Å². The van der Waals surface area contributed by atoms with E-state index in [4.69, 9.17) is 0 Å². The lowest BCUT2D eigenvalue weighted by molar-refractivity contribution is -0.129. The van der Waals surface area contributed by atoms with Gasteiger partial charge in [0, 0.05) is 24.7 Å². The highest BCUT2D eigenvalue weighted by atomic mass is 19.3. The maximum Gasteiger partial charge on any atom is 0.387 e. The number of anilines is 1. The van der Waals surface area contributed by atoms with Crippen LogP contribution in [-0.4, -0.2) is 29.9 Å². The van der Waals surface area contributed by atoms with Gasteiger partial charge >= 0.3 is 6.61 Å². The van der Waals surface area contributed by atoms with E-state index >= 15 is 0 Å². The number of halogens is 3. The van der Waals surface area contributed by atoms with Gasteiger partial charge in [-0.25, -0.2) is 4.39 Å². The highest BCUT2D eigenvalue weighted by Crippen LogP contribution is 2.30. The van der Waals surface area contributed by atoms with Crippen LogP contribution in [0.25, 0.3) is 0 Å². The van der Waals surface area contributed by atoms with Gasteiger partial charge in [0.2, 0.25) is 11.8 Å². The zero-order valence-electron chi connectivity index (χ0n) is 15.1. The molecule has 0 radical (unpaired) electrons. The van der Waals surface area contributed by atoms with Crippen molar-refractivity contribution in [3.63, 3.8) is 0 Å². The van der Waals surface area contributed by atoms with Crippen LogP contribution in [0.1, 0.15) is 24.9 Å². The standard InChI is InChI=1S/C20H19F3N2O3/c1-12(13-5-3-2-4-6-13)25-11-14(9-18(25)26)19(27)24-15-7-8-16(21)17(10-15)28-20(22)23/h2-8,10,12,14,20H,9,11H2,1H3,(H,24,27). The first kappa shape index (κ1) is 19.7. The molecule has 5 nitrogen and oxygen atoms in total. The van der Waals surface area contributed by atoms with Crippen LogP contribution in [0, 0.1) is 11.7 Å². The number of carbonyl (C=O) groups is 2. The van der Waals surface area contributed by atoms with Crippen LogP contribution in [-0.2, 0) is 9.59 Å². The maximum absolute atomic E-state index is 13.5. The van der Waals surface area contributed by atoms with Crippen molar-refractivity contribution >= 4 is 17.5 Å². The molecule has 3 rings (SSSR count). The summed E-state index contributed by atoms with van der Waals surface area (Å²) in [6.45, 7) is -1.05. The summed E-state index contributed by atoms with van der Waals surface area (Å²) in [6.07, 6.45) is 0.0462. The van der Waals surface area contributed by atoms with Crippen LogP contribution in [0.5, 0.6) is 5.75 Å². The zero-order valence-corrected chi connectivity index (χ0v) is 15.1. The number of benzene rings is 2. The maximum atomic E-state index is 13.5. The van der Waals surface area contributed by atoms with Crippen molar-refractivity contribution in [1.82, 2.24) is 4.90 Å². The third kappa shape index (κ3) is 4.44. The van der Waals surface area contributed by atoms with E-state index in [9.17, 15) is 22.8 Å². The number of carbonyl (C=O) groups excluding carboxylic acids is 2. The molecular formula is C20H19F3N2O3. The molecule has 0 aliphatic carbocycles. The Morgan fingerprint density at radius 3 is 2.61 bits per heavy atom. The van der Waals surface area contributed by atoms with Gasteiger partial charge in [0.05, 0.1) is 12.0 Å². The predicted molar refractivity (Wildman–Crippen MR) is 96.3 cm³/mol. The third-order valence-corrected chi connectivity index (χ3v) is 4.69. The molecule has 0 spiro atoms. The molecule has 1 heterocycles. The Labute approximate surface area is 160 Å². The third-order valence-electron chi connectivity index (χ3n) is 4.69. The number of hydrogen-bond donors (Lipinski definition) is 1. The molecular weight excluding hydrogens is 373 g/mol. The van der Waals surface area contributed by atoms with Gasteiger partial charge in [-0.1, -0.05) is 30.3 Å². The molecule has 28 heavy (non-hydrogen) atoms. The summed E-state index contributed by atoms with van der Waals surface area (Å²) in [6, 6.07) is 12.4. The Hall–Kier alpha value is -3.03. The molecule has 2 aromatic rings. The normalized spacial score (nSPS) is 17.7. The Kier molecular flexibility index (Phi) is 5.87. The number of ether oxygens (including phenoxy) is 1. The molecule has 0 bridgehead atoms. The number of likely N-dealkylation sites (tertiary alicyclic amines) is 1. The fourth-order valence-corrected chi connectivity index (χ4v) is 3.20. The average Bonchev–Trinajstić information content (AvgIpc) is 3.06. The minimum Gasteiger partial charge on any atom is -0.432 e. The van der Waals surface area contributed by atoms with Gasteiger partial charge in [0.1, 0.15) is 0 Å². The lowest BCUT2D eigenvalue weighted by atomic mass is 10.1. The van der Waals surface area contributed by atoms with Gasteiger partial charge in [-0.15, -0.1) is 0 Å². The van der Waals surface area contributed by atoms with Crippen LogP contribution in [0.15, 0.2) is 48.5 Å². The summed E-state index contributed by atoms with van der Waals surface area (Å²) in [5.74, 6) is -2.79. The van der Waals surface area contributed by atoms with E-state index in [1.54, 1.807) is 4.90 Å². The van der Waals surface area contributed by atoms with Crippen molar-refractivity contribution in [3.8, 4) is 5.75 Å². The molecule has 1 N–H and O–H groups in total. The fourth-order valence-electron chi connectivity index (χ4n) is 3.20. The summed E-state index contributed by atoms with van der Waals surface area (Å²) < 4.78 is 42.2. The first-order valence-corrected chi connectivity index (χ1v) is 8.74. The van der Waals surface area contributed by atoms with Crippen molar-refractivity contribution in [2.45, 2.75) is 26.0 Å². The fraction of sp³-hybridized carbons (Fsp3) is 0.300. The van der Waals surface area contributed by atoms with Gasteiger partial charge < -0.3 is 15.0 Å². The molecule has 2 aromatic carbocycles. The second kappa shape index (κ2) is 8.33. The monoisotopic (exact) mass is 392 g/mol. The largest absolute Gasteiger partial charge is 0.432 e. The van der Waals surface area contributed by atoms with Gasteiger partial charge in [-0.3, -0.25) is 9.59 Å². The van der Waals surface area contributed by atoms with Crippen molar-refractivity contribution < 1.29 is 27.5 Å². The number of amides is 2. The van der Waals surface area contributed by atoms with Crippen LogP contribution in [0.2, 0.25) is 0 Å². The SMILES string of the molecule is CC(c1ccccc1)N1CC(C(=O)Nc2ccc(F)c(OC(F)F)c2)CC1=O. The summed E-state index contributed by atoms with van der Waals surface area (Å²) in [5, 5.41) is 2.54. The lowest BCUT2D eigenvalue weighted by Crippen LogP contribution is -2.30. The highest BCUT2D eigenvalue weighted by molar-refractivity contribution is 5.97. The van der Waals surface area contributed by atoms with Gasteiger partial charge in [-0.05, 0) is 24.6 Å². The van der Waals surface area contributed by atoms with E-state index in [1.807, 2.05) is 37.3 Å². The Morgan fingerprint density at radius 1 is 1.21 bits per heavy atom. The first-order valence-electron chi connectivity index (χ1n) is 8.74. The minimum absolute atomic E-state index is 0.0462. The molecule has 8 heteroatoms. The average molecular weight is 392 g/mol. The molecule has 2 unspecified atom stereocenters. The predicted octanol–water partition coefficient (Wildman–Crippen LogP) is 3.98. The van der Waals surface area contributed by atoms with Gasteiger partial charge in [0.25, 0.3) is 0 Å². The molecule has 2 amide bonds. The van der Waals surface area contributed by atoms with E-state index < -0.39 is 30.0 Å². The topological polar surface area (TPSA) is 58.6 Å². The van der Waals surface area contributed by atoms with E-state index in [-0.39, 0.29) is 30.6 Å². The Balaban J connectivity index is 1.66. The Morgan fingerprint density at radius 2 is 1.93 bits per heavy atom. The number of rotatable bonds is 6. The summed E-state index contributed by atoms with van der Waals surface area (Å²) in [7, 11) is 0. The van der Waals surface area contributed by atoms with E-state index in [1.165, 1.54) is 6.07 Å². The first-order chi connectivity index (χ1) is 13.3. The number of alkyl halides is 2. The van der Waals surface area contributed by atoms with Crippen molar-refractivity contribution in [3.05, 3.63) is 59.9 Å². The number of nitrogens with zero attached hydrogens (tertiary/aromatic N) is 1. The smallest absolute Gasteiger partial charge is 0.387 e. The molecule has 0 aromatic heterocycles. The van der Waals surface area contributed by atoms with Crippen LogP contribution < -0.4 is 10.1 Å².